The summed E-state index contributed by atoms with van der Waals surface area (Å²) in [4.78, 5) is 22.6. The van der Waals surface area contributed by atoms with Crippen LogP contribution in [0.15, 0.2) is 51.8 Å². The summed E-state index contributed by atoms with van der Waals surface area (Å²) in [5.41, 5.74) is 0.985. The van der Waals surface area contributed by atoms with Gasteiger partial charge >= 0.3 is 16.1 Å². The van der Waals surface area contributed by atoms with Crippen LogP contribution in [0, 0.1) is 0 Å². The molecular weight excluding hydrogens is 424 g/mol. The molecule has 0 aliphatic rings. The molecule has 138 valence electrons. The number of carbonyl (C=O) groups excluding carboxylic acids is 2. The zero-order valence-electron chi connectivity index (χ0n) is 14.2. The fraction of sp³-hybridized carbons (Fsp3) is 0.222. The predicted molar refractivity (Wildman–Crippen MR) is 98.7 cm³/mol. The molecule has 0 unspecified atom stereocenters. The number of hydrogen-bond donors (Lipinski definition) is 0. The summed E-state index contributed by atoms with van der Waals surface area (Å²) in [5, 5.41) is 0. The van der Waals surface area contributed by atoms with E-state index in [2.05, 4.69) is 20.7 Å². The van der Waals surface area contributed by atoms with Crippen molar-refractivity contribution in [2.75, 3.05) is 7.11 Å². The molecule has 6 nitrogen and oxygen atoms in total. The van der Waals surface area contributed by atoms with E-state index in [-0.39, 0.29) is 22.0 Å². The number of methoxy groups -OCH3 is 1. The van der Waals surface area contributed by atoms with Crippen LogP contribution in [0.5, 0.6) is 5.75 Å². The lowest BCUT2D eigenvalue weighted by molar-refractivity contribution is -0.116. The highest BCUT2D eigenvalue weighted by molar-refractivity contribution is 9.10. The molecule has 2 aromatic rings. The van der Waals surface area contributed by atoms with E-state index < -0.39 is 16.1 Å². The minimum absolute atomic E-state index is 0.0803. The fourth-order valence-corrected chi connectivity index (χ4v) is 3.50. The Morgan fingerprint density at radius 2 is 1.73 bits per heavy atom. The molecule has 0 atom stereocenters. The quantitative estimate of drug-likeness (QED) is 0.483. The van der Waals surface area contributed by atoms with E-state index in [0.29, 0.717) is 17.3 Å². The van der Waals surface area contributed by atoms with Crippen LogP contribution in [0.3, 0.4) is 0 Å². The normalized spacial score (nSPS) is 11.0. The van der Waals surface area contributed by atoms with Crippen molar-refractivity contribution < 1.29 is 26.9 Å². The van der Waals surface area contributed by atoms with Gasteiger partial charge in [0, 0.05) is 10.9 Å². The Kier molecular flexibility index (Phi) is 6.55. The van der Waals surface area contributed by atoms with Gasteiger partial charge in [-0.2, -0.15) is 8.42 Å². The Labute approximate surface area is 160 Å². The molecule has 26 heavy (non-hydrogen) atoms. The number of ketones is 1. The molecule has 0 aliphatic heterocycles. The van der Waals surface area contributed by atoms with E-state index in [1.165, 1.54) is 44.4 Å². The summed E-state index contributed by atoms with van der Waals surface area (Å²) in [6.45, 7) is 1.52. The van der Waals surface area contributed by atoms with Crippen molar-refractivity contribution in [1.29, 1.82) is 0 Å². The number of aryl methyl sites for hydroxylation is 1. The van der Waals surface area contributed by atoms with E-state index in [9.17, 15) is 18.0 Å². The van der Waals surface area contributed by atoms with Gasteiger partial charge in [0.1, 0.15) is 16.4 Å². The molecule has 0 saturated carbocycles. The number of hydrogen-bond acceptors (Lipinski definition) is 6. The molecule has 0 aromatic heterocycles. The van der Waals surface area contributed by atoms with Crippen LogP contribution in [-0.4, -0.2) is 27.3 Å². The van der Waals surface area contributed by atoms with Gasteiger partial charge in [-0.3, -0.25) is 0 Å². The van der Waals surface area contributed by atoms with Crippen molar-refractivity contribution in [3.63, 3.8) is 0 Å². The van der Waals surface area contributed by atoms with Gasteiger partial charge in [0.25, 0.3) is 0 Å². The highest BCUT2D eigenvalue weighted by Gasteiger charge is 2.21. The molecule has 0 aliphatic carbocycles. The lowest BCUT2D eigenvalue weighted by atomic mass is 10.1. The molecule has 2 rings (SSSR count). The number of rotatable bonds is 7. The average molecular weight is 441 g/mol. The van der Waals surface area contributed by atoms with E-state index in [0.717, 1.165) is 5.56 Å². The van der Waals surface area contributed by atoms with Crippen molar-refractivity contribution in [2.24, 2.45) is 0 Å². The summed E-state index contributed by atoms with van der Waals surface area (Å²) >= 11 is 3.18. The fourth-order valence-electron chi connectivity index (χ4n) is 2.13. The summed E-state index contributed by atoms with van der Waals surface area (Å²) in [6.07, 6.45) is 1.01. The minimum Gasteiger partial charge on any atom is -0.465 e. The first kappa shape index (κ1) is 20.1. The summed E-state index contributed by atoms with van der Waals surface area (Å²) in [7, 11) is -2.91. The van der Waals surface area contributed by atoms with Crippen molar-refractivity contribution >= 4 is 37.8 Å². The van der Waals surface area contributed by atoms with Crippen LogP contribution in [0.1, 0.15) is 29.3 Å². The Hall–Kier alpha value is -2.19. The maximum Gasteiger partial charge on any atom is 0.339 e. The SMILES string of the molecule is COC(=O)c1cc(S(=O)(=O)Oc2ccc(CCC(C)=O)cc2)ccc1Br. The molecule has 0 N–H and O–H groups in total. The van der Waals surface area contributed by atoms with Crippen LogP contribution < -0.4 is 4.18 Å². The van der Waals surface area contributed by atoms with Gasteiger partial charge in [0.15, 0.2) is 0 Å². The third-order valence-corrected chi connectivity index (χ3v) is 5.46. The van der Waals surface area contributed by atoms with Crippen LogP contribution in [0.25, 0.3) is 0 Å². The standard InChI is InChI=1S/C18H17BrO6S/c1-12(20)3-4-13-5-7-14(8-6-13)25-26(22,23)15-9-10-17(19)16(11-15)18(21)24-2/h5-11H,3-4H2,1-2H3. The third-order valence-electron chi connectivity index (χ3n) is 3.53. The second-order valence-corrected chi connectivity index (χ2v) is 7.92. The largest absolute Gasteiger partial charge is 0.465 e. The molecule has 0 fully saturated rings. The topological polar surface area (TPSA) is 86.7 Å². The molecule has 2 aromatic carbocycles. The van der Waals surface area contributed by atoms with Crippen molar-refractivity contribution in [3.8, 4) is 5.75 Å². The number of Topliss-reactive ketones (excluding diaryl/α,β-unsaturated/α-hetero) is 1. The highest BCUT2D eigenvalue weighted by Crippen LogP contribution is 2.25. The first-order valence-electron chi connectivity index (χ1n) is 7.63. The number of ether oxygens (including phenoxy) is 1. The lowest BCUT2D eigenvalue weighted by Gasteiger charge is -2.09. The van der Waals surface area contributed by atoms with E-state index >= 15 is 0 Å². The Morgan fingerprint density at radius 1 is 1.08 bits per heavy atom. The van der Waals surface area contributed by atoms with Crippen molar-refractivity contribution in [1.82, 2.24) is 0 Å². The zero-order valence-corrected chi connectivity index (χ0v) is 16.6. The maximum atomic E-state index is 12.4. The maximum absolute atomic E-state index is 12.4. The molecule has 0 heterocycles. The Bertz CT molecular complexity index is 919. The van der Waals surface area contributed by atoms with E-state index in [1.54, 1.807) is 12.1 Å². The van der Waals surface area contributed by atoms with Gasteiger partial charge in [0.2, 0.25) is 0 Å². The van der Waals surface area contributed by atoms with Crippen molar-refractivity contribution in [3.05, 3.63) is 58.1 Å². The third kappa shape index (κ3) is 5.15. The Morgan fingerprint density at radius 3 is 2.31 bits per heavy atom. The number of carbonyl (C=O) groups is 2. The van der Waals surface area contributed by atoms with Crippen LogP contribution >= 0.6 is 15.9 Å². The van der Waals surface area contributed by atoms with Gasteiger partial charge in [-0.05, 0) is 65.2 Å². The van der Waals surface area contributed by atoms with E-state index in [4.69, 9.17) is 4.18 Å². The Balaban J connectivity index is 2.21. The molecule has 8 heteroatoms. The molecule has 0 amide bonds. The van der Waals surface area contributed by atoms with Crippen LogP contribution in [-0.2, 0) is 26.1 Å². The van der Waals surface area contributed by atoms with Gasteiger partial charge in [0.05, 0.1) is 12.7 Å². The molecule has 0 bridgehead atoms. The van der Waals surface area contributed by atoms with Crippen LogP contribution in [0.2, 0.25) is 0 Å². The van der Waals surface area contributed by atoms with Gasteiger partial charge in [-0.15, -0.1) is 0 Å². The lowest BCUT2D eigenvalue weighted by Crippen LogP contribution is -2.12. The minimum atomic E-state index is -4.12. The molecule has 0 saturated heterocycles. The van der Waals surface area contributed by atoms with Gasteiger partial charge < -0.3 is 13.7 Å². The number of esters is 1. The highest BCUT2D eigenvalue weighted by atomic mass is 79.9. The summed E-state index contributed by atoms with van der Waals surface area (Å²) in [5.74, 6) is -0.438. The van der Waals surface area contributed by atoms with Gasteiger partial charge in [-0.1, -0.05) is 12.1 Å². The molecular formula is C18H17BrO6S. The van der Waals surface area contributed by atoms with E-state index in [1.807, 2.05) is 0 Å². The first-order chi connectivity index (χ1) is 12.2. The second kappa shape index (κ2) is 8.46. The van der Waals surface area contributed by atoms with Crippen molar-refractivity contribution in [2.45, 2.75) is 24.7 Å². The van der Waals surface area contributed by atoms with Gasteiger partial charge in [-0.25, -0.2) is 4.79 Å². The van der Waals surface area contributed by atoms with Crippen LogP contribution in [0.4, 0.5) is 0 Å². The number of halogens is 1. The average Bonchev–Trinajstić information content (AvgIpc) is 2.60. The number of benzene rings is 2. The monoisotopic (exact) mass is 440 g/mol. The predicted octanol–water partition coefficient (Wildman–Crippen LogP) is 3.53. The first-order valence-corrected chi connectivity index (χ1v) is 9.84. The molecule has 0 radical (unpaired) electrons. The molecule has 0 spiro atoms. The summed E-state index contributed by atoms with van der Waals surface area (Å²) < 4.78 is 35.0. The summed E-state index contributed by atoms with van der Waals surface area (Å²) in [6, 6.07) is 10.4. The second-order valence-electron chi connectivity index (χ2n) is 5.52. The zero-order chi connectivity index (χ0) is 19.3. The smallest absolute Gasteiger partial charge is 0.339 e.